The van der Waals surface area contributed by atoms with Crippen LogP contribution >= 0.6 is 0 Å². The molecule has 0 spiro atoms. The molecule has 0 radical (unpaired) electrons. The van der Waals surface area contributed by atoms with E-state index in [9.17, 15) is 9.59 Å². The Morgan fingerprint density at radius 1 is 1.08 bits per heavy atom. The summed E-state index contributed by atoms with van der Waals surface area (Å²) in [6.07, 6.45) is 1.90. The van der Waals surface area contributed by atoms with Crippen molar-refractivity contribution >= 4 is 17.6 Å². The van der Waals surface area contributed by atoms with Gasteiger partial charge in [-0.25, -0.2) is 9.59 Å². The zero-order valence-electron chi connectivity index (χ0n) is 14.0. The van der Waals surface area contributed by atoms with Gasteiger partial charge in [0.15, 0.2) is 5.76 Å². The summed E-state index contributed by atoms with van der Waals surface area (Å²) in [6.45, 7) is 2.71. The number of methoxy groups -OCH3 is 2. The fourth-order valence-electron chi connectivity index (χ4n) is 2.32. The lowest BCUT2D eigenvalue weighted by Crippen LogP contribution is -2.12. The first-order valence-electron chi connectivity index (χ1n) is 7.76. The first kappa shape index (κ1) is 17.6. The van der Waals surface area contributed by atoms with Gasteiger partial charge in [-0.15, -0.1) is 0 Å². The predicted octanol–water partition coefficient (Wildman–Crippen LogP) is 3.73. The Labute approximate surface area is 140 Å². The second-order valence-electron chi connectivity index (χ2n) is 5.14. The van der Waals surface area contributed by atoms with Crippen molar-refractivity contribution in [3.05, 3.63) is 41.7 Å². The van der Waals surface area contributed by atoms with E-state index in [1.807, 2.05) is 30.3 Å². The van der Waals surface area contributed by atoms with Crippen LogP contribution in [0, 0.1) is 0 Å². The number of nitrogens with one attached hydrogen (secondary N) is 1. The van der Waals surface area contributed by atoms with Gasteiger partial charge in [-0.2, -0.15) is 0 Å². The lowest BCUT2D eigenvalue weighted by atomic mass is 10.1. The molecule has 1 aromatic heterocycles. The third-order valence-electron chi connectivity index (χ3n) is 3.54. The van der Waals surface area contributed by atoms with Crippen molar-refractivity contribution < 1.29 is 23.5 Å². The van der Waals surface area contributed by atoms with E-state index in [2.05, 4.69) is 12.2 Å². The summed E-state index contributed by atoms with van der Waals surface area (Å²) in [6, 6.07) is 9.25. The molecule has 6 heteroatoms. The number of rotatable bonds is 7. The summed E-state index contributed by atoms with van der Waals surface area (Å²) in [4.78, 5) is 24.3. The molecule has 0 aliphatic carbocycles. The maximum atomic E-state index is 12.2. The van der Waals surface area contributed by atoms with Gasteiger partial charge in [-0.05, 0) is 6.42 Å². The molecule has 0 unspecified atom stereocenters. The van der Waals surface area contributed by atoms with Crippen LogP contribution in [0.5, 0.6) is 0 Å². The maximum absolute atomic E-state index is 12.2. The minimum atomic E-state index is -0.726. The van der Waals surface area contributed by atoms with Gasteiger partial charge < -0.3 is 19.2 Å². The van der Waals surface area contributed by atoms with Crippen LogP contribution in [-0.4, -0.2) is 32.7 Å². The zero-order valence-corrected chi connectivity index (χ0v) is 14.0. The monoisotopic (exact) mass is 331 g/mol. The van der Waals surface area contributed by atoms with Crippen molar-refractivity contribution in [2.24, 2.45) is 0 Å². The number of hydrogen-bond donors (Lipinski definition) is 1. The third-order valence-corrected chi connectivity index (χ3v) is 3.54. The second kappa shape index (κ2) is 8.19. The number of anilines is 1. The first-order chi connectivity index (χ1) is 11.6. The summed E-state index contributed by atoms with van der Waals surface area (Å²) in [5, 5.41) is 3.19. The molecule has 1 aromatic carbocycles. The number of carbonyl (C=O) groups is 2. The Bertz CT molecular complexity index is 706. The van der Waals surface area contributed by atoms with E-state index >= 15 is 0 Å². The summed E-state index contributed by atoms with van der Waals surface area (Å²) in [5.41, 5.74) is 1.25. The van der Waals surface area contributed by atoms with E-state index in [4.69, 9.17) is 13.9 Å². The van der Waals surface area contributed by atoms with Gasteiger partial charge in [-0.1, -0.05) is 43.7 Å². The van der Waals surface area contributed by atoms with Crippen LogP contribution < -0.4 is 5.32 Å². The van der Waals surface area contributed by atoms with Crippen molar-refractivity contribution in [3.63, 3.8) is 0 Å². The highest BCUT2D eigenvalue weighted by molar-refractivity contribution is 6.08. The van der Waals surface area contributed by atoms with Crippen LogP contribution in [0.15, 0.2) is 34.7 Å². The standard InChI is InChI=1S/C18H21NO5/c1-4-5-11-19-14-13(17(20)22-2)16(18(21)23-3)24-15(14)12-9-7-6-8-10-12/h6-10,19H,4-5,11H2,1-3H3. The molecule has 0 fully saturated rings. The molecule has 1 heterocycles. The third kappa shape index (κ3) is 3.59. The Morgan fingerprint density at radius 2 is 1.75 bits per heavy atom. The molecule has 6 nitrogen and oxygen atoms in total. The number of hydrogen-bond acceptors (Lipinski definition) is 6. The van der Waals surface area contributed by atoms with E-state index in [1.54, 1.807) is 0 Å². The van der Waals surface area contributed by atoms with Gasteiger partial charge >= 0.3 is 11.9 Å². The molecule has 24 heavy (non-hydrogen) atoms. The number of ether oxygens (including phenoxy) is 2. The normalized spacial score (nSPS) is 10.3. The summed E-state index contributed by atoms with van der Waals surface area (Å²) in [7, 11) is 2.49. The van der Waals surface area contributed by atoms with Crippen LogP contribution in [0.1, 0.15) is 40.7 Å². The van der Waals surface area contributed by atoms with Crippen LogP contribution in [0.2, 0.25) is 0 Å². The van der Waals surface area contributed by atoms with Crippen molar-refractivity contribution in [2.45, 2.75) is 19.8 Å². The summed E-state index contributed by atoms with van der Waals surface area (Å²) < 4.78 is 15.3. The molecule has 0 aliphatic heterocycles. The quantitative estimate of drug-likeness (QED) is 0.615. The van der Waals surface area contributed by atoms with Crippen LogP contribution in [0.4, 0.5) is 5.69 Å². The van der Waals surface area contributed by atoms with Gasteiger partial charge in [0.2, 0.25) is 5.76 Å². The average molecular weight is 331 g/mol. The fraction of sp³-hybridized carbons (Fsp3) is 0.333. The van der Waals surface area contributed by atoms with Crippen molar-refractivity contribution in [3.8, 4) is 11.3 Å². The SMILES string of the molecule is CCCCNc1c(-c2ccccc2)oc(C(=O)OC)c1C(=O)OC. The first-order valence-corrected chi connectivity index (χ1v) is 7.76. The Kier molecular flexibility index (Phi) is 6.01. The Balaban J connectivity index is 2.61. The number of carbonyl (C=O) groups excluding carboxylic acids is 2. The second-order valence-corrected chi connectivity index (χ2v) is 5.14. The lowest BCUT2D eigenvalue weighted by molar-refractivity contribution is 0.0529. The molecule has 0 saturated carbocycles. The molecule has 0 bridgehead atoms. The molecular weight excluding hydrogens is 310 g/mol. The van der Waals surface area contributed by atoms with Crippen LogP contribution in [-0.2, 0) is 9.47 Å². The van der Waals surface area contributed by atoms with Crippen LogP contribution in [0.3, 0.4) is 0 Å². The number of esters is 2. The van der Waals surface area contributed by atoms with E-state index in [-0.39, 0.29) is 11.3 Å². The topological polar surface area (TPSA) is 77.8 Å². The highest BCUT2D eigenvalue weighted by Crippen LogP contribution is 2.37. The van der Waals surface area contributed by atoms with Crippen molar-refractivity contribution in [1.82, 2.24) is 0 Å². The van der Waals surface area contributed by atoms with E-state index < -0.39 is 11.9 Å². The number of furan rings is 1. The minimum Gasteiger partial charge on any atom is -0.465 e. The van der Waals surface area contributed by atoms with Gasteiger partial charge in [0.1, 0.15) is 5.56 Å². The molecule has 0 atom stereocenters. The van der Waals surface area contributed by atoms with Gasteiger partial charge in [0, 0.05) is 12.1 Å². The van der Waals surface area contributed by atoms with E-state index in [1.165, 1.54) is 14.2 Å². The molecule has 2 rings (SSSR count). The van der Waals surface area contributed by atoms with Gasteiger partial charge in [0.05, 0.1) is 19.9 Å². The maximum Gasteiger partial charge on any atom is 0.374 e. The summed E-state index contributed by atoms with van der Waals surface area (Å²) >= 11 is 0. The van der Waals surface area contributed by atoms with Crippen molar-refractivity contribution in [2.75, 3.05) is 26.1 Å². The van der Waals surface area contributed by atoms with Gasteiger partial charge in [-0.3, -0.25) is 0 Å². The van der Waals surface area contributed by atoms with Gasteiger partial charge in [0.25, 0.3) is 0 Å². The van der Waals surface area contributed by atoms with Crippen LogP contribution in [0.25, 0.3) is 11.3 Å². The smallest absolute Gasteiger partial charge is 0.374 e. The predicted molar refractivity (Wildman–Crippen MR) is 90.2 cm³/mol. The number of benzene rings is 1. The Morgan fingerprint density at radius 3 is 2.33 bits per heavy atom. The highest BCUT2D eigenvalue weighted by atomic mass is 16.5. The summed E-state index contributed by atoms with van der Waals surface area (Å²) in [5.74, 6) is -1.13. The molecule has 1 N–H and O–H groups in total. The Hall–Kier alpha value is -2.76. The fourth-order valence-corrected chi connectivity index (χ4v) is 2.32. The molecule has 0 aliphatic rings. The molecule has 2 aromatic rings. The van der Waals surface area contributed by atoms with E-state index in [0.29, 0.717) is 18.0 Å². The molecular formula is C18H21NO5. The minimum absolute atomic E-state index is 0.0549. The lowest BCUT2D eigenvalue weighted by Gasteiger charge is -2.08. The zero-order chi connectivity index (χ0) is 17.5. The molecule has 128 valence electrons. The molecule has 0 saturated heterocycles. The average Bonchev–Trinajstić information content (AvgIpc) is 3.01. The largest absolute Gasteiger partial charge is 0.465 e. The van der Waals surface area contributed by atoms with E-state index in [0.717, 1.165) is 18.4 Å². The molecule has 0 amide bonds. The number of unbranched alkanes of at least 4 members (excludes halogenated alkanes) is 1. The highest BCUT2D eigenvalue weighted by Gasteiger charge is 2.31. The van der Waals surface area contributed by atoms with Crippen molar-refractivity contribution in [1.29, 1.82) is 0 Å².